The van der Waals surface area contributed by atoms with Gasteiger partial charge in [-0.2, -0.15) is 13.2 Å². The number of hydrogen-bond acceptors (Lipinski definition) is 5. The van der Waals surface area contributed by atoms with Crippen LogP contribution in [0.5, 0.6) is 5.75 Å². The molecule has 5 nitrogen and oxygen atoms in total. The molecule has 0 saturated carbocycles. The van der Waals surface area contributed by atoms with Crippen LogP contribution >= 0.6 is 0 Å². The number of alkyl halides is 3. The Morgan fingerprint density at radius 1 is 1.00 bits per heavy atom. The monoisotopic (exact) mass is 438 g/mol. The first kappa shape index (κ1) is 22.1. The largest absolute Gasteiger partial charge is 0.484 e. The van der Waals surface area contributed by atoms with E-state index in [1.165, 1.54) is 23.3 Å². The van der Waals surface area contributed by atoms with E-state index in [4.69, 9.17) is 9.47 Å². The van der Waals surface area contributed by atoms with Gasteiger partial charge in [0.2, 0.25) is 0 Å². The maximum Gasteiger partial charge on any atom is 0.422 e. The van der Waals surface area contributed by atoms with Crippen LogP contribution in [0.2, 0.25) is 0 Å². The molecule has 1 saturated heterocycles. The highest BCUT2D eigenvalue weighted by molar-refractivity contribution is 5.45. The van der Waals surface area contributed by atoms with Gasteiger partial charge >= 0.3 is 6.18 Å². The molecule has 1 aliphatic heterocycles. The van der Waals surface area contributed by atoms with E-state index in [1.54, 1.807) is 12.1 Å². The molecule has 0 radical (unpaired) electrons. The zero-order valence-corrected chi connectivity index (χ0v) is 16.8. The lowest BCUT2D eigenvalue weighted by molar-refractivity contribution is -0.189. The molecule has 2 aromatic carbocycles. The first-order valence-electron chi connectivity index (χ1n) is 10.3. The van der Waals surface area contributed by atoms with Gasteiger partial charge in [-0.1, -0.05) is 24.3 Å². The highest BCUT2D eigenvalue weighted by Crippen LogP contribution is 2.35. The second kappa shape index (κ2) is 8.78. The molecular weight excluding hydrogens is 413 g/mol. The molecule has 1 fully saturated rings. The number of benzene rings is 2. The van der Waals surface area contributed by atoms with Crippen LogP contribution in [0, 0.1) is 0 Å². The normalized spacial score (nSPS) is 26.0. The summed E-state index contributed by atoms with van der Waals surface area (Å²) in [7, 11) is 0. The van der Waals surface area contributed by atoms with E-state index >= 15 is 0 Å². The van der Waals surface area contributed by atoms with Crippen LogP contribution in [0.25, 0.3) is 0 Å². The summed E-state index contributed by atoms with van der Waals surface area (Å²) in [4.78, 5) is 0. The predicted molar refractivity (Wildman–Crippen MR) is 106 cm³/mol. The van der Waals surface area contributed by atoms with Gasteiger partial charge in [0.15, 0.2) is 6.61 Å². The summed E-state index contributed by atoms with van der Waals surface area (Å²) in [5.74, 6) is 0.159. The van der Waals surface area contributed by atoms with Gasteiger partial charge in [0.05, 0.1) is 6.61 Å². The Morgan fingerprint density at radius 2 is 1.74 bits per heavy atom. The van der Waals surface area contributed by atoms with Crippen LogP contribution in [0.3, 0.4) is 0 Å². The van der Waals surface area contributed by atoms with Gasteiger partial charge < -0.3 is 24.8 Å². The van der Waals surface area contributed by atoms with Crippen molar-refractivity contribution in [2.45, 2.75) is 56.3 Å². The molecule has 0 bridgehead atoms. The third-order valence-electron chi connectivity index (χ3n) is 5.88. The van der Waals surface area contributed by atoms with Crippen molar-refractivity contribution in [3.63, 3.8) is 0 Å². The SMILES string of the molecule is OC1COC(c2cc3c(c(Cc4ccc(OCC(F)(F)F)cc4)c2)CCC3)C(O)C1O. The van der Waals surface area contributed by atoms with Crippen molar-refractivity contribution < 1.29 is 38.0 Å². The molecule has 4 rings (SSSR count). The van der Waals surface area contributed by atoms with E-state index in [-0.39, 0.29) is 12.4 Å². The molecule has 31 heavy (non-hydrogen) atoms. The summed E-state index contributed by atoms with van der Waals surface area (Å²) in [6, 6.07) is 10.5. The number of aryl methyl sites for hydroxylation is 1. The third kappa shape index (κ3) is 5.03. The van der Waals surface area contributed by atoms with Crippen LogP contribution in [-0.4, -0.2) is 53.0 Å². The number of fused-ring (bicyclic) bond motifs is 1. The van der Waals surface area contributed by atoms with E-state index in [2.05, 4.69) is 0 Å². The van der Waals surface area contributed by atoms with Crippen molar-refractivity contribution in [2.75, 3.05) is 13.2 Å². The Morgan fingerprint density at radius 3 is 2.45 bits per heavy atom. The molecule has 4 atom stereocenters. The second-order valence-corrected chi connectivity index (χ2v) is 8.20. The minimum atomic E-state index is -4.38. The molecule has 0 spiro atoms. The average molecular weight is 438 g/mol. The number of halogens is 3. The fourth-order valence-corrected chi connectivity index (χ4v) is 4.33. The van der Waals surface area contributed by atoms with E-state index in [1.807, 2.05) is 12.1 Å². The Bertz CT molecular complexity index is 913. The van der Waals surface area contributed by atoms with Crippen LogP contribution in [0.4, 0.5) is 13.2 Å². The van der Waals surface area contributed by atoms with Crippen molar-refractivity contribution >= 4 is 0 Å². The number of ether oxygens (including phenoxy) is 2. The van der Waals surface area contributed by atoms with Gasteiger partial charge in [0.1, 0.15) is 30.2 Å². The van der Waals surface area contributed by atoms with Crippen LogP contribution in [0.1, 0.15) is 40.3 Å². The summed E-state index contributed by atoms with van der Waals surface area (Å²) < 4.78 is 47.3. The van der Waals surface area contributed by atoms with E-state index in [0.717, 1.165) is 36.0 Å². The molecule has 0 aromatic heterocycles. The Hall–Kier alpha value is -2.13. The minimum absolute atomic E-state index is 0.0608. The Labute approximate surface area is 178 Å². The molecule has 1 aliphatic carbocycles. The van der Waals surface area contributed by atoms with Crippen molar-refractivity contribution in [3.05, 3.63) is 64.2 Å². The first-order chi connectivity index (χ1) is 14.7. The lowest BCUT2D eigenvalue weighted by Gasteiger charge is -2.36. The number of hydrogen-bond donors (Lipinski definition) is 3. The topological polar surface area (TPSA) is 79.2 Å². The first-order valence-corrected chi connectivity index (χ1v) is 10.3. The summed E-state index contributed by atoms with van der Waals surface area (Å²) in [6.45, 7) is -1.39. The van der Waals surface area contributed by atoms with Gasteiger partial charge in [0, 0.05) is 0 Å². The average Bonchev–Trinajstić information content (AvgIpc) is 3.20. The van der Waals surface area contributed by atoms with E-state index in [0.29, 0.717) is 6.42 Å². The summed E-state index contributed by atoms with van der Waals surface area (Å²) in [5, 5.41) is 30.1. The van der Waals surface area contributed by atoms with Gasteiger partial charge in [-0.05, 0) is 65.6 Å². The zero-order valence-electron chi connectivity index (χ0n) is 16.8. The highest BCUT2D eigenvalue weighted by Gasteiger charge is 2.38. The molecular formula is C23H25F3O5. The van der Waals surface area contributed by atoms with Crippen LogP contribution in [0.15, 0.2) is 36.4 Å². The molecule has 2 aliphatic rings. The van der Waals surface area contributed by atoms with Gasteiger partial charge in [-0.3, -0.25) is 0 Å². The van der Waals surface area contributed by atoms with Crippen molar-refractivity contribution in [1.82, 2.24) is 0 Å². The molecule has 1 heterocycles. The molecule has 8 heteroatoms. The summed E-state index contributed by atoms with van der Waals surface area (Å²) >= 11 is 0. The number of rotatable bonds is 5. The second-order valence-electron chi connectivity index (χ2n) is 8.20. The smallest absolute Gasteiger partial charge is 0.422 e. The molecule has 0 amide bonds. The fourth-order valence-electron chi connectivity index (χ4n) is 4.33. The van der Waals surface area contributed by atoms with Gasteiger partial charge in [-0.15, -0.1) is 0 Å². The van der Waals surface area contributed by atoms with E-state index < -0.39 is 37.2 Å². The number of aliphatic hydroxyl groups excluding tert-OH is 3. The maximum absolute atomic E-state index is 12.3. The van der Waals surface area contributed by atoms with Crippen LogP contribution in [-0.2, 0) is 24.0 Å². The van der Waals surface area contributed by atoms with E-state index in [9.17, 15) is 28.5 Å². The van der Waals surface area contributed by atoms with Gasteiger partial charge in [-0.25, -0.2) is 0 Å². The standard InChI is InChI=1S/C23H25F3O5/c24-23(25,26)12-31-17-6-4-13(5-7-17)8-15-10-16(9-14-2-1-3-18(14)15)22-21(29)20(28)19(27)11-30-22/h4-7,9-10,19-22,27-29H,1-3,8,11-12H2. The minimum Gasteiger partial charge on any atom is -0.484 e. The zero-order chi connectivity index (χ0) is 22.2. The highest BCUT2D eigenvalue weighted by atomic mass is 19.4. The predicted octanol–water partition coefficient (Wildman–Crippen LogP) is 2.86. The summed E-state index contributed by atoms with van der Waals surface area (Å²) in [5.41, 5.74) is 5.15. The summed E-state index contributed by atoms with van der Waals surface area (Å²) in [6.07, 6.45) is -5.31. The maximum atomic E-state index is 12.3. The lowest BCUT2D eigenvalue weighted by Crippen LogP contribution is -2.49. The van der Waals surface area contributed by atoms with Crippen molar-refractivity contribution in [1.29, 1.82) is 0 Å². The molecule has 4 unspecified atom stereocenters. The Balaban J connectivity index is 1.55. The van der Waals surface area contributed by atoms with Crippen molar-refractivity contribution in [3.8, 4) is 5.75 Å². The molecule has 2 aromatic rings. The third-order valence-corrected chi connectivity index (χ3v) is 5.88. The van der Waals surface area contributed by atoms with Crippen molar-refractivity contribution in [2.24, 2.45) is 0 Å². The van der Waals surface area contributed by atoms with Gasteiger partial charge in [0.25, 0.3) is 0 Å². The van der Waals surface area contributed by atoms with Crippen LogP contribution < -0.4 is 4.74 Å². The number of aliphatic hydroxyl groups is 3. The Kier molecular flexibility index (Phi) is 6.25. The quantitative estimate of drug-likeness (QED) is 0.669. The fraction of sp³-hybridized carbons (Fsp3) is 0.478. The lowest BCUT2D eigenvalue weighted by atomic mass is 9.89. The molecule has 3 N–H and O–H groups in total. The molecule has 168 valence electrons.